The predicted molar refractivity (Wildman–Crippen MR) is 91.9 cm³/mol. The van der Waals surface area contributed by atoms with Gasteiger partial charge in [0.05, 0.1) is 12.7 Å². The highest BCUT2D eigenvalue weighted by molar-refractivity contribution is 5.97. The van der Waals surface area contributed by atoms with Crippen molar-refractivity contribution in [2.75, 3.05) is 40.1 Å². The first kappa shape index (κ1) is 20.3. The van der Waals surface area contributed by atoms with Crippen LogP contribution < -0.4 is 0 Å². The molecule has 0 heterocycles. The number of esters is 1. The number of carbonyl (C=O) groups excluding carboxylic acids is 1. The molecule has 0 spiro atoms. The molecule has 134 valence electrons. The van der Waals surface area contributed by atoms with Crippen LogP contribution in [0.3, 0.4) is 0 Å². The van der Waals surface area contributed by atoms with Gasteiger partial charge in [-0.1, -0.05) is 0 Å². The van der Waals surface area contributed by atoms with E-state index < -0.39 is 11.9 Å². The van der Waals surface area contributed by atoms with Crippen molar-refractivity contribution in [1.82, 2.24) is 0 Å². The van der Waals surface area contributed by atoms with E-state index in [4.69, 9.17) is 14.2 Å². The molecule has 24 heavy (non-hydrogen) atoms. The molecule has 1 aliphatic carbocycles. The van der Waals surface area contributed by atoms with Gasteiger partial charge in [0.2, 0.25) is 0 Å². The van der Waals surface area contributed by atoms with Gasteiger partial charge in [0.1, 0.15) is 0 Å². The smallest absolute Gasteiger partial charge is 0.327 e. The van der Waals surface area contributed by atoms with Gasteiger partial charge in [0.25, 0.3) is 0 Å². The van der Waals surface area contributed by atoms with E-state index in [1.54, 1.807) is 7.11 Å². The molecule has 0 bridgehead atoms. The van der Waals surface area contributed by atoms with Crippen molar-refractivity contribution in [3.05, 3.63) is 11.6 Å². The quantitative estimate of drug-likeness (QED) is 0.428. The summed E-state index contributed by atoms with van der Waals surface area (Å²) in [5.41, 5.74) is 1.76. The Morgan fingerprint density at radius 2 is 2.17 bits per heavy atom. The first-order valence-corrected chi connectivity index (χ1v) is 8.59. The molecular weight excluding hydrogens is 308 g/mol. The van der Waals surface area contributed by atoms with Gasteiger partial charge in [-0.25, -0.2) is 0 Å². The second kappa shape index (κ2) is 12.7. The second-order valence-corrected chi connectivity index (χ2v) is 5.57. The second-order valence-electron chi connectivity index (χ2n) is 5.57. The number of hydrogen-bond acceptors (Lipinski definition) is 6. The van der Waals surface area contributed by atoms with E-state index in [-0.39, 0.29) is 6.61 Å². The van der Waals surface area contributed by atoms with E-state index in [0.717, 1.165) is 37.0 Å². The van der Waals surface area contributed by atoms with Crippen LogP contribution in [0.5, 0.6) is 0 Å². The topological polar surface area (TPSA) is 80.9 Å². The lowest BCUT2D eigenvalue weighted by atomic mass is 9.89. The molecule has 0 radical (unpaired) electrons. The molecule has 0 aromatic carbocycles. The maximum absolute atomic E-state index is 12.1. The molecule has 1 rings (SSSR count). The molecule has 0 aliphatic heterocycles. The standard InChI is InChI=1S/C18H28N2O4/c1-3-23-11-6-12-24-18(21)17(14-19)15-7-4-8-16(13-15)20-9-5-10-22-2/h13,17H,3-12H2,1-2H3. The fourth-order valence-electron chi connectivity index (χ4n) is 2.46. The minimum Gasteiger partial charge on any atom is -0.464 e. The molecule has 1 unspecified atom stereocenters. The van der Waals surface area contributed by atoms with E-state index in [0.29, 0.717) is 32.8 Å². The van der Waals surface area contributed by atoms with E-state index in [1.165, 1.54) is 0 Å². The molecule has 0 fully saturated rings. The van der Waals surface area contributed by atoms with Gasteiger partial charge in [-0.05, 0) is 44.3 Å². The lowest BCUT2D eigenvalue weighted by Crippen LogP contribution is -2.22. The van der Waals surface area contributed by atoms with Crippen LogP contribution in [0.15, 0.2) is 16.6 Å². The fourth-order valence-corrected chi connectivity index (χ4v) is 2.46. The van der Waals surface area contributed by atoms with Crippen LogP contribution in [-0.4, -0.2) is 51.8 Å². The summed E-state index contributed by atoms with van der Waals surface area (Å²) < 4.78 is 15.4. The Balaban J connectivity index is 2.54. The average Bonchev–Trinajstić information content (AvgIpc) is 2.60. The van der Waals surface area contributed by atoms with Crippen molar-refractivity contribution >= 4 is 11.7 Å². The summed E-state index contributed by atoms with van der Waals surface area (Å²) >= 11 is 0. The number of hydrogen-bond donors (Lipinski definition) is 0. The Hall–Kier alpha value is -1.71. The Morgan fingerprint density at radius 1 is 1.33 bits per heavy atom. The molecule has 0 saturated carbocycles. The number of ether oxygens (including phenoxy) is 3. The summed E-state index contributed by atoms with van der Waals surface area (Å²) in [5, 5.41) is 9.35. The van der Waals surface area contributed by atoms with Crippen LogP contribution >= 0.6 is 0 Å². The van der Waals surface area contributed by atoms with Crippen molar-refractivity contribution < 1.29 is 19.0 Å². The molecule has 0 aromatic rings. The number of nitriles is 1. The number of methoxy groups -OCH3 is 1. The number of nitrogens with zero attached hydrogens (tertiary/aromatic N) is 2. The molecule has 0 saturated heterocycles. The SMILES string of the molecule is CCOCCCOC(=O)C(C#N)C1=CC(=NCCCOC)CCC1. The van der Waals surface area contributed by atoms with Gasteiger partial charge < -0.3 is 14.2 Å². The summed E-state index contributed by atoms with van der Waals surface area (Å²) in [5.74, 6) is -1.30. The molecule has 1 aliphatic rings. The molecule has 1 atom stereocenters. The third-order valence-corrected chi connectivity index (χ3v) is 3.69. The van der Waals surface area contributed by atoms with Crippen molar-refractivity contribution in [1.29, 1.82) is 5.26 Å². The lowest BCUT2D eigenvalue weighted by molar-refractivity contribution is -0.145. The number of rotatable bonds is 11. The predicted octanol–water partition coefficient (Wildman–Crippen LogP) is 2.68. The Morgan fingerprint density at radius 3 is 2.88 bits per heavy atom. The normalized spacial score (nSPS) is 17.2. The Labute approximate surface area is 144 Å². The van der Waals surface area contributed by atoms with Crippen LogP contribution in [0.2, 0.25) is 0 Å². The zero-order chi connectivity index (χ0) is 17.6. The minimum absolute atomic E-state index is 0.280. The molecule has 0 aromatic heterocycles. The van der Waals surface area contributed by atoms with E-state index in [9.17, 15) is 10.1 Å². The van der Waals surface area contributed by atoms with Crippen LogP contribution in [0, 0.1) is 17.2 Å². The van der Waals surface area contributed by atoms with Crippen molar-refractivity contribution in [3.63, 3.8) is 0 Å². The summed E-state index contributed by atoms with van der Waals surface area (Å²) in [4.78, 5) is 16.7. The number of carbonyl (C=O) groups is 1. The largest absolute Gasteiger partial charge is 0.464 e. The van der Waals surface area contributed by atoms with Gasteiger partial charge in [0.15, 0.2) is 5.92 Å². The van der Waals surface area contributed by atoms with Crippen LogP contribution in [0.1, 0.15) is 39.0 Å². The zero-order valence-electron chi connectivity index (χ0n) is 14.8. The van der Waals surface area contributed by atoms with Gasteiger partial charge in [-0.15, -0.1) is 0 Å². The average molecular weight is 336 g/mol. The third-order valence-electron chi connectivity index (χ3n) is 3.69. The van der Waals surface area contributed by atoms with Crippen molar-refractivity contribution in [2.45, 2.75) is 39.0 Å². The van der Waals surface area contributed by atoms with Gasteiger partial charge in [-0.3, -0.25) is 9.79 Å². The summed E-state index contributed by atoms with van der Waals surface area (Å²) in [6, 6.07) is 2.07. The van der Waals surface area contributed by atoms with Gasteiger partial charge >= 0.3 is 5.97 Å². The van der Waals surface area contributed by atoms with Crippen molar-refractivity contribution in [2.24, 2.45) is 10.9 Å². The highest BCUT2D eigenvalue weighted by Crippen LogP contribution is 2.24. The fraction of sp³-hybridized carbons (Fsp3) is 0.722. The third kappa shape index (κ3) is 7.71. The van der Waals surface area contributed by atoms with E-state index >= 15 is 0 Å². The number of aliphatic imine (C=N–C) groups is 1. The van der Waals surface area contributed by atoms with E-state index in [1.807, 2.05) is 13.0 Å². The molecule has 0 amide bonds. The molecule has 0 N–H and O–H groups in total. The first-order valence-electron chi connectivity index (χ1n) is 8.59. The summed E-state index contributed by atoms with van der Waals surface area (Å²) in [6.45, 7) is 4.79. The first-order chi connectivity index (χ1) is 11.7. The minimum atomic E-state index is -0.832. The number of allylic oxidation sites excluding steroid dienone is 1. The van der Waals surface area contributed by atoms with Crippen molar-refractivity contribution in [3.8, 4) is 6.07 Å². The maximum atomic E-state index is 12.1. The van der Waals surface area contributed by atoms with E-state index in [2.05, 4.69) is 11.1 Å². The monoisotopic (exact) mass is 336 g/mol. The van der Waals surface area contributed by atoms with Crippen LogP contribution in [0.25, 0.3) is 0 Å². The van der Waals surface area contributed by atoms with Crippen LogP contribution in [-0.2, 0) is 19.0 Å². The highest BCUT2D eigenvalue weighted by Gasteiger charge is 2.26. The zero-order valence-corrected chi connectivity index (χ0v) is 14.8. The lowest BCUT2D eigenvalue weighted by Gasteiger charge is -2.18. The van der Waals surface area contributed by atoms with Gasteiger partial charge in [0, 0.05) is 45.6 Å². The molecular formula is C18H28N2O4. The Bertz CT molecular complexity index is 480. The van der Waals surface area contributed by atoms with Gasteiger partial charge in [-0.2, -0.15) is 5.26 Å². The Kier molecular flexibility index (Phi) is 10.7. The molecule has 6 heteroatoms. The summed E-state index contributed by atoms with van der Waals surface area (Å²) in [6.07, 6.45) is 5.94. The highest BCUT2D eigenvalue weighted by atomic mass is 16.5. The maximum Gasteiger partial charge on any atom is 0.327 e. The van der Waals surface area contributed by atoms with Crippen LogP contribution in [0.4, 0.5) is 0 Å². The molecule has 6 nitrogen and oxygen atoms in total. The summed E-state index contributed by atoms with van der Waals surface area (Å²) in [7, 11) is 1.67.